The van der Waals surface area contributed by atoms with Crippen LogP contribution in [0.3, 0.4) is 0 Å². The number of hydrogen-bond acceptors (Lipinski definition) is 4. The smallest absolute Gasteiger partial charge is 0.258 e. The Morgan fingerprint density at radius 1 is 1.00 bits per heavy atom. The van der Waals surface area contributed by atoms with Crippen LogP contribution in [0.1, 0.15) is 35.8 Å². The van der Waals surface area contributed by atoms with Crippen molar-refractivity contribution in [2.75, 3.05) is 23.9 Å². The van der Waals surface area contributed by atoms with Crippen molar-refractivity contribution in [3.05, 3.63) is 96.2 Å². The maximum Gasteiger partial charge on any atom is 0.258 e. The van der Waals surface area contributed by atoms with Gasteiger partial charge >= 0.3 is 0 Å². The first-order valence-electron chi connectivity index (χ1n) is 10.8. The van der Waals surface area contributed by atoms with Gasteiger partial charge in [-0.2, -0.15) is 0 Å². The van der Waals surface area contributed by atoms with E-state index in [0.29, 0.717) is 12.1 Å². The maximum atomic E-state index is 13.4. The zero-order chi connectivity index (χ0) is 22.5. The zero-order valence-electron chi connectivity index (χ0n) is 18.6. The maximum absolute atomic E-state index is 13.4. The second-order valence-electron chi connectivity index (χ2n) is 7.65. The highest BCUT2D eigenvalue weighted by molar-refractivity contribution is 6.08. The van der Waals surface area contributed by atoms with Crippen LogP contribution in [0, 0.1) is 0 Å². The number of fused-ring (bicyclic) bond motifs is 1. The van der Waals surface area contributed by atoms with E-state index in [1.54, 1.807) is 18.2 Å². The third-order valence-corrected chi connectivity index (χ3v) is 5.57. The van der Waals surface area contributed by atoms with Crippen LogP contribution in [0.5, 0.6) is 5.75 Å². The molecule has 0 spiro atoms. The SMILES string of the molecule is CCN(C(=O)c1ccc2cc(OC)ccc2c1)c1ccnc(N[C@@H](C)c2ccccc2)c1. The molecule has 0 unspecified atom stereocenters. The fraction of sp³-hybridized carbons (Fsp3) is 0.185. The molecule has 4 aromatic rings. The Labute approximate surface area is 188 Å². The van der Waals surface area contributed by atoms with E-state index in [0.717, 1.165) is 28.0 Å². The monoisotopic (exact) mass is 425 g/mol. The van der Waals surface area contributed by atoms with Crippen molar-refractivity contribution < 1.29 is 9.53 Å². The van der Waals surface area contributed by atoms with E-state index in [-0.39, 0.29) is 11.9 Å². The summed E-state index contributed by atoms with van der Waals surface area (Å²) in [6, 6.07) is 25.7. The number of methoxy groups -OCH3 is 1. The summed E-state index contributed by atoms with van der Waals surface area (Å²) in [5.41, 5.74) is 2.63. The summed E-state index contributed by atoms with van der Waals surface area (Å²) in [4.78, 5) is 19.6. The van der Waals surface area contributed by atoms with Crippen LogP contribution in [-0.4, -0.2) is 24.5 Å². The van der Waals surface area contributed by atoms with Gasteiger partial charge in [-0.05, 0) is 60.5 Å². The highest BCUT2D eigenvalue weighted by Gasteiger charge is 2.18. The van der Waals surface area contributed by atoms with Gasteiger partial charge in [0.05, 0.1) is 7.11 Å². The van der Waals surface area contributed by atoms with E-state index in [1.807, 2.05) is 73.7 Å². The molecule has 1 amide bonds. The van der Waals surface area contributed by atoms with Crippen LogP contribution in [0.2, 0.25) is 0 Å². The van der Waals surface area contributed by atoms with Crippen molar-refractivity contribution in [1.82, 2.24) is 4.98 Å². The fourth-order valence-electron chi connectivity index (χ4n) is 3.80. The summed E-state index contributed by atoms with van der Waals surface area (Å²) < 4.78 is 5.29. The number of carbonyl (C=O) groups is 1. The Morgan fingerprint density at radius 3 is 2.50 bits per heavy atom. The number of nitrogens with zero attached hydrogens (tertiary/aromatic N) is 2. The standard InChI is InChI=1S/C27H27N3O2/c1-4-30(27(31)23-11-10-22-17-25(32-3)13-12-21(22)16-23)24-14-15-28-26(18-24)29-19(2)20-8-6-5-7-9-20/h5-19H,4H2,1-3H3,(H,28,29)/t19-/m0/s1. The van der Waals surface area contributed by atoms with Crippen molar-refractivity contribution >= 4 is 28.2 Å². The minimum Gasteiger partial charge on any atom is -0.497 e. The predicted octanol–water partition coefficient (Wildman–Crippen LogP) is 6.08. The van der Waals surface area contributed by atoms with Crippen molar-refractivity contribution in [2.24, 2.45) is 0 Å². The Hall–Kier alpha value is -3.86. The van der Waals surface area contributed by atoms with Gasteiger partial charge in [0.15, 0.2) is 0 Å². The lowest BCUT2D eigenvalue weighted by molar-refractivity contribution is 0.0988. The van der Waals surface area contributed by atoms with Gasteiger partial charge in [-0.1, -0.05) is 42.5 Å². The number of aromatic nitrogens is 1. The van der Waals surface area contributed by atoms with Crippen LogP contribution in [-0.2, 0) is 0 Å². The summed E-state index contributed by atoms with van der Waals surface area (Å²) >= 11 is 0. The lowest BCUT2D eigenvalue weighted by atomic mass is 10.1. The lowest BCUT2D eigenvalue weighted by Crippen LogP contribution is -2.30. The highest BCUT2D eigenvalue weighted by atomic mass is 16.5. The number of benzene rings is 3. The average Bonchev–Trinajstić information content (AvgIpc) is 2.84. The summed E-state index contributed by atoms with van der Waals surface area (Å²) in [5.74, 6) is 1.49. The number of amides is 1. The van der Waals surface area contributed by atoms with Crippen molar-refractivity contribution in [1.29, 1.82) is 0 Å². The number of ether oxygens (including phenoxy) is 1. The largest absolute Gasteiger partial charge is 0.497 e. The molecule has 1 aromatic heterocycles. The third-order valence-electron chi connectivity index (χ3n) is 5.57. The molecule has 0 saturated carbocycles. The Balaban J connectivity index is 1.57. The number of hydrogen-bond donors (Lipinski definition) is 1. The third kappa shape index (κ3) is 4.57. The van der Waals surface area contributed by atoms with Crippen molar-refractivity contribution in [3.8, 4) is 5.75 Å². The molecule has 1 N–H and O–H groups in total. The molecule has 5 heteroatoms. The summed E-state index contributed by atoms with van der Waals surface area (Å²) in [6.07, 6.45) is 1.73. The number of pyridine rings is 1. The molecule has 1 heterocycles. The second kappa shape index (κ2) is 9.52. The molecule has 1 atom stereocenters. The van der Waals surface area contributed by atoms with Gasteiger partial charge < -0.3 is 15.0 Å². The van der Waals surface area contributed by atoms with E-state index >= 15 is 0 Å². The summed E-state index contributed by atoms with van der Waals surface area (Å²) in [7, 11) is 1.65. The molecule has 0 fully saturated rings. The quantitative estimate of drug-likeness (QED) is 0.390. The predicted molar refractivity (Wildman–Crippen MR) is 131 cm³/mol. The van der Waals surface area contributed by atoms with Crippen molar-refractivity contribution in [3.63, 3.8) is 0 Å². The first kappa shape index (κ1) is 21.4. The average molecular weight is 426 g/mol. The first-order chi connectivity index (χ1) is 15.6. The molecular weight excluding hydrogens is 398 g/mol. The van der Waals surface area contributed by atoms with Crippen LogP contribution in [0.4, 0.5) is 11.5 Å². The van der Waals surface area contributed by atoms with Gasteiger partial charge in [0, 0.05) is 36.1 Å². The molecule has 0 aliphatic rings. The minimum atomic E-state index is -0.0431. The first-order valence-corrected chi connectivity index (χ1v) is 10.8. The Bertz CT molecular complexity index is 1220. The van der Waals surface area contributed by atoms with Gasteiger partial charge in [-0.15, -0.1) is 0 Å². The molecule has 0 aliphatic carbocycles. The fourth-order valence-corrected chi connectivity index (χ4v) is 3.80. The zero-order valence-corrected chi connectivity index (χ0v) is 18.6. The molecule has 162 valence electrons. The van der Waals surface area contributed by atoms with Crippen LogP contribution in [0.25, 0.3) is 10.8 Å². The van der Waals surface area contributed by atoms with E-state index in [4.69, 9.17) is 4.74 Å². The molecule has 0 saturated heterocycles. The number of rotatable bonds is 7. The van der Waals surface area contributed by atoms with Crippen LogP contribution >= 0.6 is 0 Å². The summed E-state index contributed by atoms with van der Waals surface area (Å²) in [5, 5.41) is 5.47. The van der Waals surface area contributed by atoms with Gasteiger partial charge in [-0.25, -0.2) is 4.98 Å². The molecule has 0 aliphatic heterocycles. The Morgan fingerprint density at radius 2 is 1.75 bits per heavy atom. The summed E-state index contributed by atoms with van der Waals surface area (Å²) in [6.45, 7) is 4.62. The number of anilines is 2. The topological polar surface area (TPSA) is 54.5 Å². The molecule has 4 rings (SSSR count). The molecule has 0 radical (unpaired) electrons. The lowest BCUT2D eigenvalue weighted by Gasteiger charge is -2.23. The number of nitrogens with one attached hydrogen (secondary N) is 1. The van der Waals surface area contributed by atoms with E-state index < -0.39 is 0 Å². The molecule has 5 nitrogen and oxygen atoms in total. The second-order valence-corrected chi connectivity index (χ2v) is 7.65. The van der Waals surface area contributed by atoms with Gasteiger partial charge in [0.1, 0.15) is 11.6 Å². The van der Waals surface area contributed by atoms with Crippen molar-refractivity contribution in [2.45, 2.75) is 19.9 Å². The van der Waals surface area contributed by atoms with E-state index in [9.17, 15) is 4.79 Å². The van der Waals surface area contributed by atoms with E-state index in [2.05, 4.69) is 29.4 Å². The molecule has 3 aromatic carbocycles. The minimum absolute atomic E-state index is 0.0431. The van der Waals surface area contributed by atoms with Gasteiger partial charge in [-0.3, -0.25) is 4.79 Å². The molecule has 0 bridgehead atoms. The molecular formula is C27H27N3O2. The number of carbonyl (C=O) groups excluding carboxylic acids is 1. The Kier molecular flexibility index (Phi) is 6.36. The highest BCUT2D eigenvalue weighted by Crippen LogP contribution is 2.26. The van der Waals surface area contributed by atoms with Crippen LogP contribution < -0.4 is 15.0 Å². The molecule has 32 heavy (non-hydrogen) atoms. The normalized spacial score (nSPS) is 11.7. The van der Waals surface area contributed by atoms with E-state index in [1.165, 1.54) is 5.56 Å². The van der Waals surface area contributed by atoms with Crippen LogP contribution in [0.15, 0.2) is 85.1 Å². The van der Waals surface area contributed by atoms with Gasteiger partial charge in [0.2, 0.25) is 0 Å². The van der Waals surface area contributed by atoms with Gasteiger partial charge in [0.25, 0.3) is 5.91 Å².